The fourth-order valence-corrected chi connectivity index (χ4v) is 4.52. The molecule has 7 heteroatoms. The number of carbonyl (C=O) groups excluding carboxylic acids is 1. The predicted molar refractivity (Wildman–Crippen MR) is 139 cm³/mol. The number of hydrogen-bond acceptors (Lipinski definition) is 4. The highest BCUT2D eigenvalue weighted by molar-refractivity contribution is 6.30. The summed E-state index contributed by atoms with van der Waals surface area (Å²) in [5.74, 6) is 1.74. The highest BCUT2D eigenvalue weighted by Crippen LogP contribution is 2.26. The van der Waals surface area contributed by atoms with Crippen LogP contribution in [0.15, 0.2) is 48.5 Å². The molecule has 0 bridgehead atoms. The number of nitrogens with one attached hydrogen (secondary N) is 1. The fraction of sp³-hybridized carbons (Fsp3) is 0.370. The summed E-state index contributed by atoms with van der Waals surface area (Å²) in [4.78, 5) is 26.6. The third-order valence-corrected chi connectivity index (χ3v) is 6.52. The molecule has 0 saturated carbocycles. The summed E-state index contributed by atoms with van der Waals surface area (Å²) in [6.45, 7) is 9.02. The fourth-order valence-electron chi connectivity index (χ4n) is 4.40. The van der Waals surface area contributed by atoms with Gasteiger partial charge < -0.3 is 15.1 Å². The van der Waals surface area contributed by atoms with E-state index >= 15 is 0 Å². The van der Waals surface area contributed by atoms with E-state index in [2.05, 4.69) is 28.2 Å². The summed E-state index contributed by atoms with van der Waals surface area (Å²) in [6, 6.07) is 15.9. The van der Waals surface area contributed by atoms with Crippen molar-refractivity contribution in [1.29, 1.82) is 0 Å². The Balaban J connectivity index is 1.49. The summed E-state index contributed by atoms with van der Waals surface area (Å²) in [7, 11) is 0. The predicted octanol–water partition coefficient (Wildman–Crippen LogP) is 5.64. The molecule has 178 valence electrons. The Labute approximate surface area is 207 Å². The highest BCUT2D eigenvalue weighted by atomic mass is 35.5. The van der Waals surface area contributed by atoms with Crippen LogP contribution in [0, 0.1) is 13.8 Å². The van der Waals surface area contributed by atoms with Crippen LogP contribution in [0.4, 0.5) is 16.3 Å². The molecular formula is C27H32ClN5O. The molecule has 2 heterocycles. The molecule has 3 aromatic rings. The molecule has 1 saturated heterocycles. The maximum Gasteiger partial charge on any atom is 0.321 e. The van der Waals surface area contributed by atoms with E-state index in [9.17, 15) is 4.79 Å². The number of carbonyl (C=O) groups is 1. The van der Waals surface area contributed by atoms with Crippen LogP contribution >= 0.6 is 11.6 Å². The summed E-state index contributed by atoms with van der Waals surface area (Å²) in [6.07, 6.45) is 2.57. The zero-order valence-electron chi connectivity index (χ0n) is 20.1. The van der Waals surface area contributed by atoms with Crippen molar-refractivity contribution in [3.63, 3.8) is 0 Å². The molecule has 6 nitrogen and oxygen atoms in total. The van der Waals surface area contributed by atoms with Crippen LogP contribution in [0.3, 0.4) is 0 Å². The van der Waals surface area contributed by atoms with E-state index < -0.39 is 0 Å². The van der Waals surface area contributed by atoms with Crippen LogP contribution in [-0.4, -0.2) is 47.1 Å². The smallest absolute Gasteiger partial charge is 0.321 e. The summed E-state index contributed by atoms with van der Waals surface area (Å²) < 4.78 is 0. The zero-order chi connectivity index (χ0) is 24.1. The number of aromatic nitrogens is 2. The van der Waals surface area contributed by atoms with Gasteiger partial charge >= 0.3 is 6.03 Å². The lowest BCUT2D eigenvalue weighted by molar-refractivity contribution is 0.215. The largest absolute Gasteiger partial charge is 0.354 e. The monoisotopic (exact) mass is 477 g/mol. The Morgan fingerprint density at radius 3 is 2.56 bits per heavy atom. The van der Waals surface area contributed by atoms with Crippen molar-refractivity contribution in [2.75, 3.05) is 36.4 Å². The molecule has 1 N–H and O–H groups in total. The number of halogens is 1. The standard InChI is InChI=1S/C27H32ClN5O/c1-4-21-7-5-8-24(17-21)31-27(34)33-14-6-13-32(15-16-33)26-25(19(2)29-20(3)30-26)18-22-9-11-23(28)12-10-22/h5,7-12,17H,4,6,13-16,18H2,1-3H3,(H,31,34). The minimum atomic E-state index is -0.0495. The molecule has 0 aliphatic carbocycles. The van der Waals surface area contributed by atoms with Crippen LogP contribution in [-0.2, 0) is 12.8 Å². The molecule has 1 aromatic heterocycles. The van der Waals surface area contributed by atoms with E-state index in [0.29, 0.717) is 13.1 Å². The number of benzene rings is 2. The third kappa shape index (κ3) is 5.86. The minimum absolute atomic E-state index is 0.0495. The van der Waals surface area contributed by atoms with Gasteiger partial charge in [0.15, 0.2) is 0 Å². The zero-order valence-corrected chi connectivity index (χ0v) is 20.9. The van der Waals surface area contributed by atoms with Gasteiger partial charge in [-0.25, -0.2) is 14.8 Å². The molecule has 2 aromatic carbocycles. The van der Waals surface area contributed by atoms with Crippen molar-refractivity contribution in [1.82, 2.24) is 14.9 Å². The van der Waals surface area contributed by atoms with Crippen molar-refractivity contribution in [3.8, 4) is 0 Å². The molecule has 4 rings (SSSR count). The number of nitrogens with zero attached hydrogens (tertiary/aromatic N) is 4. The molecular weight excluding hydrogens is 446 g/mol. The van der Waals surface area contributed by atoms with Gasteiger partial charge in [-0.05, 0) is 62.1 Å². The molecule has 1 aliphatic rings. The highest BCUT2D eigenvalue weighted by Gasteiger charge is 2.23. The molecule has 0 spiro atoms. The summed E-state index contributed by atoms with van der Waals surface area (Å²) in [5.41, 5.74) is 5.35. The summed E-state index contributed by atoms with van der Waals surface area (Å²) >= 11 is 6.07. The minimum Gasteiger partial charge on any atom is -0.354 e. The first kappa shape index (κ1) is 24.0. The Morgan fingerprint density at radius 2 is 1.79 bits per heavy atom. The van der Waals surface area contributed by atoms with Gasteiger partial charge in [-0.3, -0.25) is 0 Å². The van der Waals surface area contributed by atoms with Gasteiger partial charge in [0, 0.05) is 54.6 Å². The van der Waals surface area contributed by atoms with E-state index in [0.717, 1.165) is 66.0 Å². The first-order valence-electron chi connectivity index (χ1n) is 11.9. The Kier molecular flexibility index (Phi) is 7.68. The maximum atomic E-state index is 13.0. The van der Waals surface area contributed by atoms with Crippen molar-refractivity contribution >= 4 is 29.1 Å². The Morgan fingerprint density at radius 1 is 1.00 bits per heavy atom. The number of rotatable bonds is 5. The van der Waals surface area contributed by atoms with Crippen LogP contribution in [0.25, 0.3) is 0 Å². The lowest BCUT2D eigenvalue weighted by atomic mass is 10.0. The Bertz CT molecular complexity index is 1150. The van der Waals surface area contributed by atoms with Gasteiger partial charge in [0.1, 0.15) is 11.6 Å². The number of urea groups is 1. The molecule has 0 atom stereocenters. The lowest BCUT2D eigenvalue weighted by Crippen LogP contribution is -2.38. The average molecular weight is 478 g/mol. The van der Waals surface area contributed by atoms with E-state index in [1.165, 1.54) is 11.1 Å². The first-order valence-corrected chi connectivity index (χ1v) is 12.3. The van der Waals surface area contributed by atoms with Gasteiger partial charge in [-0.2, -0.15) is 0 Å². The van der Waals surface area contributed by atoms with Gasteiger partial charge in [0.05, 0.1) is 0 Å². The van der Waals surface area contributed by atoms with Crippen LogP contribution in [0.5, 0.6) is 0 Å². The van der Waals surface area contributed by atoms with Gasteiger partial charge in [-0.1, -0.05) is 42.8 Å². The van der Waals surface area contributed by atoms with Crippen LogP contribution in [0.2, 0.25) is 5.02 Å². The topological polar surface area (TPSA) is 61.4 Å². The second kappa shape index (κ2) is 10.9. The van der Waals surface area contributed by atoms with Gasteiger partial charge in [0.25, 0.3) is 0 Å². The van der Waals surface area contributed by atoms with Crippen molar-refractivity contribution < 1.29 is 4.79 Å². The van der Waals surface area contributed by atoms with Gasteiger partial charge in [0.2, 0.25) is 0 Å². The number of aryl methyl sites for hydroxylation is 3. The number of anilines is 2. The molecule has 0 unspecified atom stereocenters. The SMILES string of the molecule is CCc1cccc(NC(=O)N2CCCN(c3nc(C)nc(C)c3Cc3ccc(Cl)cc3)CC2)c1. The van der Waals surface area contributed by atoms with Gasteiger partial charge in [-0.15, -0.1) is 0 Å². The Hall–Kier alpha value is -3.12. The molecule has 1 fully saturated rings. The second-order valence-corrected chi connectivity index (χ2v) is 9.21. The normalized spacial score (nSPS) is 14.1. The number of amides is 2. The molecule has 34 heavy (non-hydrogen) atoms. The van der Waals surface area contributed by atoms with Crippen LogP contribution < -0.4 is 10.2 Å². The first-order chi connectivity index (χ1) is 16.4. The quantitative estimate of drug-likeness (QED) is 0.516. The third-order valence-electron chi connectivity index (χ3n) is 6.27. The maximum absolute atomic E-state index is 13.0. The average Bonchev–Trinajstić information content (AvgIpc) is 3.08. The van der Waals surface area contributed by atoms with E-state index in [1.54, 1.807) is 0 Å². The second-order valence-electron chi connectivity index (χ2n) is 8.77. The van der Waals surface area contributed by atoms with Crippen LogP contribution in [0.1, 0.15) is 41.6 Å². The van der Waals surface area contributed by atoms with Crippen molar-refractivity contribution in [3.05, 3.63) is 81.8 Å². The molecule has 0 radical (unpaired) electrons. The number of hydrogen-bond donors (Lipinski definition) is 1. The summed E-state index contributed by atoms with van der Waals surface area (Å²) in [5, 5.41) is 3.80. The van der Waals surface area contributed by atoms with Crippen molar-refractivity contribution in [2.45, 2.75) is 40.0 Å². The lowest BCUT2D eigenvalue weighted by Gasteiger charge is -2.26. The van der Waals surface area contributed by atoms with Crippen molar-refractivity contribution in [2.24, 2.45) is 0 Å². The molecule has 1 aliphatic heterocycles. The van der Waals surface area contributed by atoms with E-state index in [4.69, 9.17) is 16.6 Å². The van der Waals surface area contributed by atoms with E-state index in [1.807, 2.05) is 61.2 Å². The molecule has 2 amide bonds. The van der Waals surface area contributed by atoms with E-state index in [-0.39, 0.29) is 6.03 Å².